The summed E-state index contributed by atoms with van der Waals surface area (Å²) in [5, 5.41) is 0. The van der Waals surface area contributed by atoms with Crippen molar-refractivity contribution in [1.29, 1.82) is 0 Å². The van der Waals surface area contributed by atoms with Gasteiger partial charge in [-0.3, -0.25) is 0 Å². The van der Waals surface area contributed by atoms with Gasteiger partial charge < -0.3 is 28.9 Å². The van der Waals surface area contributed by atoms with Crippen LogP contribution in [-0.4, -0.2) is 7.05 Å². The van der Waals surface area contributed by atoms with Crippen molar-refractivity contribution in [1.82, 2.24) is 0 Å². The SMILES string of the molecule is Cc1ccc2c(c1)Oc1cc(C)ccc1N2c1ccc2c(c1)Oc1cc(N3c4ccccc4Oc4ccccc43)ccc1N2C. The Morgan fingerprint density at radius 2 is 0.756 bits per heavy atom. The number of benzene rings is 6. The van der Waals surface area contributed by atoms with Crippen molar-refractivity contribution < 1.29 is 14.2 Å². The van der Waals surface area contributed by atoms with Crippen molar-refractivity contribution in [3.63, 3.8) is 0 Å². The van der Waals surface area contributed by atoms with Crippen molar-refractivity contribution >= 4 is 45.5 Å². The molecule has 0 fully saturated rings. The van der Waals surface area contributed by atoms with Gasteiger partial charge in [0.1, 0.15) is 0 Å². The van der Waals surface area contributed by atoms with Crippen LogP contribution in [0.5, 0.6) is 34.5 Å². The standard InChI is InChI=1S/C39H29N3O3/c1-24-12-16-32-36(20-24)44-37-21-25(2)13-17-33(37)42(32)27-15-19-29-39(23-27)45-38-22-26(14-18-28(38)40(29)3)41-30-8-4-6-10-34(30)43-35-11-7-5-9-31(35)41/h4-23H,1-3H3. The molecule has 6 heteroatoms. The third-order valence-corrected chi connectivity index (χ3v) is 8.71. The molecule has 0 N–H and O–H groups in total. The summed E-state index contributed by atoms with van der Waals surface area (Å²) in [6, 6.07) is 41.7. The summed E-state index contributed by atoms with van der Waals surface area (Å²) < 4.78 is 19.4. The van der Waals surface area contributed by atoms with Gasteiger partial charge in [0.15, 0.2) is 34.5 Å². The van der Waals surface area contributed by atoms with Crippen LogP contribution in [-0.2, 0) is 0 Å². The fraction of sp³-hybridized carbons (Fsp3) is 0.0769. The van der Waals surface area contributed by atoms with Gasteiger partial charge in [-0.25, -0.2) is 0 Å². The number of hydrogen-bond acceptors (Lipinski definition) is 6. The molecule has 6 nitrogen and oxygen atoms in total. The minimum atomic E-state index is 0.787. The van der Waals surface area contributed by atoms with E-state index in [9.17, 15) is 0 Å². The van der Waals surface area contributed by atoms with Gasteiger partial charge in [-0.2, -0.15) is 0 Å². The Balaban J connectivity index is 1.14. The zero-order chi connectivity index (χ0) is 30.2. The van der Waals surface area contributed by atoms with Crippen molar-refractivity contribution in [3.05, 3.63) is 132 Å². The monoisotopic (exact) mass is 587 g/mol. The van der Waals surface area contributed by atoms with Crippen molar-refractivity contribution in [3.8, 4) is 34.5 Å². The van der Waals surface area contributed by atoms with Gasteiger partial charge in [-0.15, -0.1) is 0 Å². The van der Waals surface area contributed by atoms with E-state index in [-0.39, 0.29) is 0 Å². The van der Waals surface area contributed by atoms with Gasteiger partial charge in [0.05, 0.1) is 45.5 Å². The van der Waals surface area contributed by atoms with Gasteiger partial charge in [0, 0.05) is 19.2 Å². The Morgan fingerprint density at radius 3 is 1.24 bits per heavy atom. The highest BCUT2D eigenvalue weighted by molar-refractivity contribution is 5.91. The molecule has 0 spiro atoms. The molecule has 0 saturated carbocycles. The second kappa shape index (κ2) is 9.56. The molecule has 0 unspecified atom stereocenters. The predicted molar refractivity (Wildman–Crippen MR) is 180 cm³/mol. The summed E-state index contributed by atoms with van der Waals surface area (Å²) in [7, 11) is 2.09. The molecular weight excluding hydrogens is 558 g/mol. The number of nitrogens with zero attached hydrogens (tertiary/aromatic N) is 3. The highest BCUT2D eigenvalue weighted by Crippen LogP contribution is 2.55. The number of rotatable bonds is 2. The first-order valence-electron chi connectivity index (χ1n) is 15.1. The van der Waals surface area contributed by atoms with E-state index >= 15 is 0 Å². The van der Waals surface area contributed by atoms with Gasteiger partial charge in [-0.1, -0.05) is 36.4 Å². The van der Waals surface area contributed by atoms with Crippen molar-refractivity contribution in [2.24, 2.45) is 0 Å². The van der Waals surface area contributed by atoms with Crippen LogP contribution in [0.25, 0.3) is 0 Å². The Morgan fingerprint density at radius 1 is 0.378 bits per heavy atom. The molecule has 3 heterocycles. The lowest BCUT2D eigenvalue weighted by Crippen LogP contribution is -2.19. The molecule has 0 bridgehead atoms. The molecular formula is C39H29N3O3. The van der Waals surface area contributed by atoms with E-state index in [1.807, 2.05) is 36.4 Å². The largest absolute Gasteiger partial charge is 0.453 e. The van der Waals surface area contributed by atoms with Crippen LogP contribution in [0.1, 0.15) is 11.1 Å². The summed E-state index contributed by atoms with van der Waals surface area (Å²) in [4.78, 5) is 6.68. The van der Waals surface area contributed by atoms with Crippen LogP contribution < -0.4 is 28.9 Å². The maximum Gasteiger partial charge on any atom is 0.153 e. The molecule has 0 saturated heterocycles. The summed E-state index contributed by atoms with van der Waals surface area (Å²) in [5.41, 5.74) is 10.3. The summed E-state index contributed by atoms with van der Waals surface area (Å²) in [6.45, 7) is 4.17. The molecule has 218 valence electrons. The topological polar surface area (TPSA) is 37.4 Å². The number of aryl methyl sites for hydroxylation is 2. The number of fused-ring (bicyclic) bond motifs is 6. The predicted octanol–water partition coefficient (Wildman–Crippen LogP) is 11.3. The first-order valence-corrected chi connectivity index (χ1v) is 15.1. The number of para-hydroxylation sites is 4. The average molecular weight is 588 g/mol. The summed E-state index contributed by atoms with van der Waals surface area (Å²) in [6.07, 6.45) is 0. The first kappa shape index (κ1) is 25.6. The highest BCUT2D eigenvalue weighted by Gasteiger charge is 2.30. The maximum atomic E-state index is 6.74. The fourth-order valence-corrected chi connectivity index (χ4v) is 6.53. The Kier molecular flexibility index (Phi) is 5.44. The third-order valence-electron chi connectivity index (χ3n) is 8.71. The van der Waals surface area contributed by atoms with Crippen LogP contribution in [0.2, 0.25) is 0 Å². The lowest BCUT2D eigenvalue weighted by molar-refractivity contribution is 0.472. The quantitative estimate of drug-likeness (QED) is 0.200. The normalized spacial score (nSPS) is 13.6. The minimum Gasteiger partial charge on any atom is -0.453 e. The van der Waals surface area contributed by atoms with Crippen LogP contribution in [0.3, 0.4) is 0 Å². The van der Waals surface area contributed by atoms with E-state index < -0.39 is 0 Å². The lowest BCUT2D eigenvalue weighted by Gasteiger charge is -2.36. The van der Waals surface area contributed by atoms with E-state index in [4.69, 9.17) is 14.2 Å². The lowest BCUT2D eigenvalue weighted by atomic mass is 10.1. The Bertz CT molecular complexity index is 2080. The van der Waals surface area contributed by atoms with Crippen molar-refractivity contribution in [2.75, 3.05) is 21.7 Å². The highest BCUT2D eigenvalue weighted by atomic mass is 16.5. The van der Waals surface area contributed by atoms with Gasteiger partial charge in [0.2, 0.25) is 0 Å². The molecule has 0 aromatic heterocycles. The molecule has 0 atom stereocenters. The number of anilines is 8. The maximum absolute atomic E-state index is 6.74. The zero-order valence-electron chi connectivity index (χ0n) is 25.1. The molecule has 0 amide bonds. The van der Waals surface area contributed by atoms with Gasteiger partial charge in [-0.05, 0) is 97.8 Å². The molecule has 9 rings (SSSR count). The molecule has 0 aliphatic carbocycles. The summed E-state index contributed by atoms with van der Waals surface area (Å²) >= 11 is 0. The minimum absolute atomic E-state index is 0.787. The average Bonchev–Trinajstić information content (AvgIpc) is 3.05. The van der Waals surface area contributed by atoms with E-state index in [1.165, 1.54) is 0 Å². The Hall–Kier alpha value is -5.88. The number of ether oxygens (including phenoxy) is 3. The first-order chi connectivity index (χ1) is 22.0. The van der Waals surface area contributed by atoms with Gasteiger partial charge in [0.25, 0.3) is 0 Å². The van der Waals surface area contributed by atoms with Crippen LogP contribution >= 0.6 is 0 Å². The van der Waals surface area contributed by atoms with E-state index in [2.05, 4.69) is 121 Å². The van der Waals surface area contributed by atoms with Crippen molar-refractivity contribution in [2.45, 2.75) is 13.8 Å². The van der Waals surface area contributed by atoms with Crippen LogP contribution in [0.4, 0.5) is 45.5 Å². The molecule has 0 radical (unpaired) electrons. The van der Waals surface area contributed by atoms with E-state index in [0.717, 1.165) is 91.1 Å². The van der Waals surface area contributed by atoms with E-state index in [0.29, 0.717) is 0 Å². The zero-order valence-corrected chi connectivity index (χ0v) is 25.1. The second-order valence-electron chi connectivity index (χ2n) is 11.7. The van der Waals surface area contributed by atoms with Crippen LogP contribution in [0.15, 0.2) is 121 Å². The molecule has 3 aliphatic heterocycles. The van der Waals surface area contributed by atoms with Crippen LogP contribution in [0, 0.1) is 13.8 Å². The summed E-state index contributed by atoms with van der Waals surface area (Å²) in [5.74, 6) is 4.89. The van der Waals surface area contributed by atoms with Gasteiger partial charge >= 0.3 is 0 Å². The Labute approximate surface area is 261 Å². The smallest absolute Gasteiger partial charge is 0.153 e. The number of hydrogen-bond donors (Lipinski definition) is 0. The third kappa shape index (κ3) is 3.96. The molecule has 45 heavy (non-hydrogen) atoms. The fourth-order valence-electron chi connectivity index (χ4n) is 6.53. The second-order valence-corrected chi connectivity index (χ2v) is 11.7. The molecule has 6 aromatic carbocycles. The molecule has 6 aromatic rings. The molecule has 3 aliphatic rings. The van der Waals surface area contributed by atoms with E-state index in [1.54, 1.807) is 0 Å².